The highest BCUT2D eigenvalue weighted by molar-refractivity contribution is 6.12. The van der Waals surface area contributed by atoms with Gasteiger partial charge in [0.05, 0.1) is 28.4 Å². The third kappa shape index (κ3) is 5.66. The molecule has 1 saturated heterocycles. The topological polar surface area (TPSA) is 97.8 Å². The van der Waals surface area contributed by atoms with Crippen LogP contribution >= 0.6 is 0 Å². The fourth-order valence-electron chi connectivity index (χ4n) is 4.69. The molecule has 1 aliphatic carbocycles. The van der Waals surface area contributed by atoms with Gasteiger partial charge >= 0.3 is 18.6 Å². The number of urea groups is 1. The number of amides is 3. The Morgan fingerprint density at radius 3 is 2.36 bits per heavy atom. The predicted molar refractivity (Wildman–Crippen MR) is 122 cm³/mol. The zero-order valence-electron chi connectivity index (χ0n) is 19.9. The molecule has 2 fully saturated rings. The van der Waals surface area contributed by atoms with Crippen molar-refractivity contribution in [2.45, 2.75) is 50.4 Å². The summed E-state index contributed by atoms with van der Waals surface area (Å²) in [5.74, 6) is -0.797. The molecule has 39 heavy (non-hydrogen) atoms. The van der Waals surface area contributed by atoms with Crippen LogP contribution < -0.4 is 14.4 Å². The van der Waals surface area contributed by atoms with Crippen molar-refractivity contribution in [1.82, 2.24) is 19.9 Å². The molecule has 0 spiro atoms. The number of rotatable bonds is 5. The van der Waals surface area contributed by atoms with E-state index in [-0.39, 0.29) is 23.2 Å². The van der Waals surface area contributed by atoms with Crippen LogP contribution in [0, 0.1) is 0 Å². The molecule has 5 rings (SSSR count). The van der Waals surface area contributed by atoms with Crippen molar-refractivity contribution in [2.24, 2.45) is 0 Å². The Morgan fingerprint density at radius 2 is 1.67 bits per heavy atom. The minimum atomic E-state index is -4.85. The third-order valence-corrected chi connectivity index (χ3v) is 6.45. The molecule has 3 aromatic rings. The Hall–Kier alpha value is -4.17. The first-order valence-electron chi connectivity index (χ1n) is 11.7. The van der Waals surface area contributed by atoms with Gasteiger partial charge in [-0.05, 0) is 43.9 Å². The number of benzene rings is 1. The quantitative estimate of drug-likeness (QED) is 0.319. The van der Waals surface area contributed by atoms with Crippen molar-refractivity contribution in [3.63, 3.8) is 0 Å². The predicted octanol–water partition coefficient (Wildman–Crippen LogP) is 5.10. The molecule has 2 aromatic heterocycles. The van der Waals surface area contributed by atoms with Crippen LogP contribution in [0.25, 0.3) is 10.9 Å². The average Bonchev–Trinajstić information content (AvgIpc) is 3.17. The van der Waals surface area contributed by atoms with E-state index in [1.165, 1.54) is 6.07 Å². The molecule has 15 heteroatoms. The Balaban J connectivity index is 1.24. The lowest BCUT2D eigenvalue weighted by Crippen LogP contribution is -2.44. The number of anilines is 1. The number of carbonyl (C=O) groups excluding carboxylic acids is 2. The number of halogens is 6. The van der Waals surface area contributed by atoms with Gasteiger partial charge in [-0.1, -0.05) is 0 Å². The molecular weight excluding hydrogens is 536 g/mol. The van der Waals surface area contributed by atoms with Crippen molar-refractivity contribution >= 4 is 28.5 Å². The molecule has 3 amide bonds. The van der Waals surface area contributed by atoms with E-state index in [4.69, 9.17) is 4.74 Å². The second kappa shape index (κ2) is 9.85. The van der Waals surface area contributed by atoms with Gasteiger partial charge in [0, 0.05) is 18.3 Å². The minimum Gasteiger partial charge on any atom is -0.474 e. The van der Waals surface area contributed by atoms with Gasteiger partial charge in [0.2, 0.25) is 5.88 Å². The van der Waals surface area contributed by atoms with Gasteiger partial charge in [-0.25, -0.2) is 14.8 Å². The zero-order chi connectivity index (χ0) is 27.9. The second-order valence-electron chi connectivity index (χ2n) is 9.02. The molecule has 206 valence electrons. The second-order valence-corrected chi connectivity index (χ2v) is 9.02. The van der Waals surface area contributed by atoms with Gasteiger partial charge < -0.3 is 9.47 Å². The molecule has 0 atom stereocenters. The molecule has 3 heterocycles. The molecule has 0 unspecified atom stereocenters. The van der Waals surface area contributed by atoms with Gasteiger partial charge in [0.25, 0.3) is 5.91 Å². The molecule has 1 aromatic carbocycles. The molecule has 2 aliphatic rings. The summed E-state index contributed by atoms with van der Waals surface area (Å²) < 4.78 is 86.6. The fourth-order valence-corrected chi connectivity index (χ4v) is 4.69. The minimum absolute atomic E-state index is 0.123. The molecule has 0 bridgehead atoms. The van der Waals surface area contributed by atoms with Crippen molar-refractivity contribution in [1.29, 1.82) is 0 Å². The van der Waals surface area contributed by atoms with E-state index in [1.54, 1.807) is 0 Å². The smallest absolute Gasteiger partial charge is 0.474 e. The van der Waals surface area contributed by atoms with Crippen LogP contribution in [0.1, 0.15) is 31.2 Å². The number of ether oxygens (including phenoxy) is 2. The van der Waals surface area contributed by atoms with Crippen LogP contribution in [0.5, 0.6) is 11.6 Å². The van der Waals surface area contributed by atoms with E-state index < -0.39 is 48.4 Å². The summed E-state index contributed by atoms with van der Waals surface area (Å²) in [6.45, 7) is -0.398. The number of hydrogen-bond acceptors (Lipinski definition) is 7. The normalized spacial score (nSPS) is 20.6. The van der Waals surface area contributed by atoms with Gasteiger partial charge in [-0.2, -0.15) is 13.2 Å². The van der Waals surface area contributed by atoms with E-state index in [1.807, 2.05) is 0 Å². The summed E-state index contributed by atoms with van der Waals surface area (Å²) in [5, 5.41) is 0.379. The number of aromatic nitrogens is 3. The summed E-state index contributed by atoms with van der Waals surface area (Å²) in [4.78, 5) is 39.3. The Morgan fingerprint density at radius 1 is 0.923 bits per heavy atom. The lowest BCUT2D eigenvalue weighted by molar-refractivity contribution is -0.274. The van der Waals surface area contributed by atoms with Crippen LogP contribution in [-0.2, 0) is 11.0 Å². The number of pyridine rings is 1. The maximum absolute atomic E-state index is 13.1. The summed E-state index contributed by atoms with van der Waals surface area (Å²) in [6, 6.07) is 3.18. The SMILES string of the molecule is O=C1CN(c2cncc(C(F)(F)F)c2)C(=O)N1C1CCC(Oc2ncnc3cc(OC(F)(F)F)ccc23)CC1. The monoisotopic (exact) mass is 555 g/mol. The number of nitrogens with zero attached hydrogens (tertiary/aromatic N) is 5. The highest BCUT2D eigenvalue weighted by Crippen LogP contribution is 2.35. The Bertz CT molecular complexity index is 1410. The first kappa shape index (κ1) is 26.4. The van der Waals surface area contributed by atoms with E-state index in [0.717, 1.165) is 40.5 Å². The van der Waals surface area contributed by atoms with Gasteiger partial charge in [-0.15, -0.1) is 13.2 Å². The number of imide groups is 1. The molecule has 0 N–H and O–H groups in total. The van der Waals surface area contributed by atoms with E-state index >= 15 is 0 Å². The van der Waals surface area contributed by atoms with Gasteiger partial charge in [0.15, 0.2) is 0 Å². The molecular formula is C24H19F6N5O4. The number of carbonyl (C=O) groups is 2. The lowest BCUT2D eigenvalue weighted by Gasteiger charge is -2.33. The first-order chi connectivity index (χ1) is 18.4. The summed E-state index contributed by atoms with van der Waals surface area (Å²) in [6.07, 6.45) is -5.37. The Kier molecular flexibility index (Phi) is 6.68. The van der Waals surface area contributed by atoms with Crippen molar-refractivity contribution in [3.05, 3.63) is 48.5 Å². The number of fused-ring (bicyclic) bond motifs is 1. The zero-order valence-corrected chi connectivity index (χ0v) is 19.9. The van der Waals surface area contributed by atoms with Crippen LogP contribution in [0.15, 0.2) is 43.0 Å². The molecule has 0 radical (unpaired) electrons. The maximum Gasteiger partial charge on any atom is 0.573 e. The highest BCUT2D eigenvalue weighted by atomic mass is 19.4. The summed E-state index contributed by atoms with van der Waals surface area (Å²) in [5.41, 5.74) is -0.965. The van der Waals surface area contributed by atoms with Crippen LogP contribution in [-0.4, -0.2) is 56.8 Å². The molecule has 1 aliphatic heterocycles. The van der Waals surface area contributed by atoms with Crippen LogP contribution in [0.4, 0.5) is 36.8 Å². The summed E-state index contributed by atoms with van der Waals surface area (Å²) in [7, 11) is 0. The molecule has 1 saturated carbocycles. The van der Waals surface area contributed by atoms with E-state index in [9.17, 15) is 35.9 Å². The standard InChI is InChI=1S/C24H19F6N5O4/c25-23(26,27)13-7-15(10-31-9-13)34-11-20(36)35(22(34)37)14-1-3-16(4-2-14)38-21-18-6-5-17(39-24(28,29)30)8-19(18)32-12-33-21/h5-10,12,14,16H,1-4,11H2. The third-order valence-electron chi connectivity index (χ3n) is 6.45. The van der Waals surface area contributed by atoms with Crippen molar-refractivity contribution in [2.75, 3.05) is 11.4 Å². The van der Waals surface area contributed by atoms with Crippen molar-refractivity contribution < 1.29 is 45.4 Å². The largest absolute Gasteiger partial charge is 0.573 e. The first-order valence-corrected chi connectivity index (χ1v) is 11.7. The number of alkyl halides is 6. The maximum atomic E-state index is 13.1. The van der Waals surface area contributed by atoms with Crippen molar-refractivity contribution in [3.8, 4) is 11.6 Å². The van der Waals surface area contributed by atoms with E-state index in [0.29, 0.717) is 37.3 Å². The highest BCUT2D eigenvalue weighted by Gasteiger charge is 2.43. The lowest BCUT2D eigenvalue weighted by atomic mass is 9.92. The van der Waals surface area contributed by atoms with E-state index in [2.05, 4.69) is 19.7 Å². The average molecular weight is 555 g/mol. The van der Waals surface area contributed by atoms with Crippen LogP contribution in [0.3, 0.4) is 0 Å². The molecule has 9 nitrogen and oxygen atoms in total. The van der Waals surface area contributed by atoms with Crippen LogP contribution in [0.2, 0.25) is 0 Å². The number of hydrogen-bond donors (Lipinski definition) is 0. The van der Waals surface area contributed by atoms with Gasteiger partial charge in [-0.3, -0.25) is 19.6 Å². The van der Waals surface area contributed by atoms with Gasteiger partial charge in [0.1, 0.15) is 24.7 Å². The fraction of sp³-hybridized carbons (Fsp3) is 0.375. The Labute approximate surface area is 216 Å². The summed E-state index contributed by atoms with van der Waals surface area (Å²) >= 11 is 0.